The standard InChI is InChI=1S/C16H17N3O/c20-16-14(9-8-13-6-2-1-3-7-13)15(12-17-18-16)19-10-4-5-11-19/h1-3,6-9,12H,4-5,10-11H2,(H,18,20)/b9-8+. The lowest BCUT2D eigenvalue weighted by molar-refractivity contribution is 0.917. The summed E-state index contributed by atoms with van der Waals surface area (Å²) in [5, 5.41) is 6.45. The fourth-order valence-electron chi connectivity index (χ4n) is 2.51. The lowest BCUT2D eigenvalue weighted by Crippen LogP contribution is -2.23. The highest BCUT2D eigenvalue weighted by atomic mass is 16.1. The van der Waals surface area contributed by atoms with Crippen molar-refractivity contribution >= 4 is 17.8 Å². The van der Waals surface area contributed by atoms with Crippen LogP contribution in [-0.2, 0) is 0 Å². The Balaban J connectivity index is 1.96. The third-order valence-corrected chi connectivity index (χ3v) is 3.56. The van der Waals surface area contributed by atoms with Crippen LogP contribution in [0.5, 0.6) is 0 Å². The summed E-state index contributed by atoms with van der Waals surface area (Å²) in [6.07, 6.45) is 7.94. The van der Waals surface area contributed by atoms with Gasteiger partial charge >= 0.3 is 0 Å². The molecule has 1 fully saturated rings. The lowest BCUT2D eigenvalue weighted by Gasteiger charge is -2.18. The maximum atomic E-state index is 12.0. The van der Waals surface area contributed by atoms with Crippen LogP contribution in [0.1, 0.15) is 24.0 Å². The van der Waals surface area contributed by atoms with Crippen LogP contribution in [0.15, 0.2) is 41.3 Å². The van der Waals surface area contributed by atoms with Gasteiger partial charge < -0.3 is 4.90 Å². The highest BCUT2D eigenvalue weighted by molar-refractivity contribution is 5.76. The van der Waals surface area contributed by atoms with E-state index in [1.165, 1.54) is 12.8 Å². The average Bonchev–Trinajstić information content (AvgIpc) is 3.01. The first kappa shape index (κ1) is 12.7. The highest BCUT2D eigenvalue weighted by Crippen LogP contribution is 2.22. The molecule has 3 rings (SSSR count). The van der Waals surface area contributed by atoms with Crippen molar-refractivity contribution in [3.63, 3.8) is 0 Å². The molecule has 102 valence electrons. The zero-order valence-corrected chi connectivity index (χ0v) is 11.2. The molecule has 0 unspecified atom stereocenters. The minimum absolute atomic E-state index is 0.137. The van der Waals surface area contributed by atoms with E-state index in [1.807, 2.05) is 42.5 Å². The number of rotatable bonds is 3. The molecule has 4 heteroatoms. The maximum absolute atomic E-state index is 12.0. The molecular weight excluding hydrogens is 250 g/mol. The van der Waals surface area contributed by atoms with Crippen molar-refractivity contribution in [2.75, 3.05) is 18.0 Å². The molecule has 0 radical (unpaired) electrons. The van der Waals surface area contributed by atoms with Gasteiger partial charge in [-0.2, -0.15) is 5.10 Å². The molecule has 0 amide bonds. The second-order valence-electron chi connectivity index (χ2n) is 4.94. The van der Waals surface area contributed by atoms with Gasteiger partial charge in [-0.3, -0.25) is 4.79 Å². The van der Waals surface area contributed by atoms with Crippen LogP contribution in [0, 0.1) is 0 Å². The number of H-pyrrole nitrogens is 1. The Morgan fingerprint density at radius 2 is 1.85 bits per heavy atom. The summed E-state index contributed by atoms with van der Waals surface area (Å²) in [5.74, 6) is 0. The van der Waals surface area contributed by atoms with Gasteiger partial charge in [0, 0.05) is 13.1 Å². The van der Waals surface area contributed by atoms with E-state index >= 15 is 0 Å². The molecule has 0 aliphatic carbocycles. The summed E-state index contributed by atoms with van der Waals surface area (Å²) in [5.41, 5.74) is 2.56. The highest BCUT2D eigenvalue weighted by Gasteiger charge is 2.16. The van der Waals surface area contributed by atoms with Crippen LogP contribution >= 0.6 is 0 Å². The minimum Gasteiger partial charge on any atom is -0.370 e. The first-order valence-corrected chi connectivity index (χ1v) is 6.90. The molecule has 4 nitrogen and oxygen atoms in total. The van der Waals surface area contributed by atoms with Crippen molar-refractivity contribution in [2.45, 2.75) is 12.8 Å². The molecule has 1 aliphatic rings. The number of nitrogens with one attached hydrogen (secondary N) is 1. The average molecular weight is 267 g/mol. The molecule has 2 aromatic rings. The molecule has 20 heavy (non-hydrogen) atoms. The molecule has 0 bridgehead atoms. The smallest absolute Gasteiger partial charge is 0.273 e. The molecular formula is C16H17N3O. The van der Waals surface area contributed by atoms with Crippen molar-refractivity contribution in [1.29, 1.82) is 0 Å². The van der Waals surface area contributed by atoms with Gasteiger partial charge in [0.25, 0.3) is 5.56 Å². The zero-order chi connectivity index (χ0) is 13.8. The quantitative estimate of drug-likeness (QED) is 0.929. The fourth-order valence-corrected chi connectivity index (χ4v) is 2.51. The summed E-state index contributed by atoms with van der Waals surface area (Å²) in [6, 6.07) is 9.98. The Bertz CT molecular complexity index is 655. The van der Waals surface area contributed by atoms with Crippen molar-refractivity contribution in [1.82, 2.24) is 10.2 Å². The molecule has 1 saturated heterocycles. The Morgan fingerprint density at radius 3 is 2.60 bits per heavy atom. The van der Waals surface area contributed by atoms with Gasteiger partial charge in [-0.15, -0.1) is 0 Å². The minimum atomic E-state index is -0.137. The van der Waals surface area contributed by atoms with Crippen LogP contribution < -0.4 is 10.5 Å². The number of aromatic amines is 1. The SMILES string of the molecule is O=c1[nH]ncc(N2CCCC2)c1/C=C/c1ccccc1. The summed E-state index contributed by atoms with van der Waals surface area (Å²) in [7, 11) is 0. The predicted molar refractivity (Wildman–Crippen MR) is 81.7 cm³/mol. The third-order valence-electron chi connectivity index (χ3n) is 3.56. The summed E-state index contributed by atoms with van der Waals surface area (Å²) >= 11 is 0. The topological polar surface area (TPSA) is 49.0 Å². The first-order chi connectivity index (χ1) is 9.84. The fraction of sp³-hybridized carbons (Fsp3) is 0.250. The number of hydrogen-bond donors (Lipinski definition) is 1. The Kier molecular flexibility index (Phi) is 3.63. The van der Waals surface area contributed by atoms with Gasteiger partial charge in [0.05, 0.1) is 17.4 Å². The zero-order valence-electron chi connectivity index (χ0n) is 11.2. The summed E-state index contributed by atoms with van der Waals surface area (Å²) in [4.78, 5) is 14.3. The van der Waals surface area contributed by atoms with E-state index in [9.17, 15) is 4.79 Å². The van der Waals surface area contributed by atoms with Gasteiger partial charge in [0.2, 0.25) is 0 Å². The van der Waals surface area contributed by atoms with E-state index in [0.29, 0.717) is 5.56 Å². The number of aromatic nitrogens is 2. The van der Waals surface area contributed by atoms with Gasteiger partial charge in [-0.25, -0.2) is 5.10 Å². The summed E-state index contributed by atoms with van der Waals surface area (Å²) < 4.78 is 0. The number of anilines is 1. The Morgan fingerprint density at radius 1 is 1.10 bits per heavy atom. The van der Waals surface area contributed by atoms with Crippen LogP contribution in [0.4, 0.5) is 5.69 Å². The Labute approximate surface area is 117 Å². The molecule has 0 atom stereocenters. The largest absolute Gasteiger partial charge is 0.370 e. The van der Waals surface area contributed by atoms with Gasteiger partial charge in [0.15, 0.2) is 0 Å². The van der Waals surface area contributed by atoms with Gasteiger partial charge in [0.1, 0.15) is 0 Å². The Hall–Kier alpha value is -2.36. The number of hydrogen-bond acceptors (Lipinski definition) is 3. The van der Waals surface area contributed by atoms with Gasteiger partial charge in [-0.05, 0) is 24.5 Å². The molecule has 1 N–H and O–H groups in total. The second-order valence-corrected chi connectivity index (χ2v) is 4.94. The molecule has 1 aromatic carbocycles. The van der Waals surface area contributed by atoms with Crippen molar-refractivity contribution < 1.29 is 0 Å². The van der Waals surface area contributed by atoms with Crippen LogP contribution in [-0.4, -0.2) is 23.3 Å². The van der Waals surface area contributed by atoms with E-state index in [0.717, 1.165) is 24.3 Å². The molecule has 0 saturated carbocycles. The van der Waals surface area contributed by atoms with Crippen molar-refractivity contribution in [3.8, 4) is 0 Å². The van der Waals surface area contributed by atoms with E-state index < -0.39 is 0 Å². The van der Waals surface area contributed by atoms with Crippen LogP contribution in [0.3, 0.4) is 0 Å². The third kappa shape index (κ3) is 2.64. The maximum Gasteiger partial charge on any atom is 0.273 e. The second kappa shape index (κ2) is 5.74. The number of nitrogens with zero attached hydrogens (tertiary/aromatic N) is 2. The van der Waals surface area contributed by atoms with Crippen LogP contribution in [0.25, 0.3) is 12.2 Å². The van der Waals surface area contributed by atoms with E-state index in [1.54, 1.807) is 6.20 Å². The molecule has 1 aromatic heterocycles. The molecule has 0 spiro atoms. The number of benzene rings is 1. The van der Waals surface area contributed by atoms with Crippen LogP contribution in [0.2, 0.25) is 0 Å². The predicted octanol–water partition coefficient (Wildman–Crippen LogP) is 2.54. The van der Waals surface area contributed by atoms with E-state index in [-0.39, 0.29) is 5.56 Å². The van der Waals surface area contributed by atoms with Crippen molar-refractivity contribution in [2.24, 2.45) is 0 Å². The van der Waals surface area contributed by atoms with Crippen molar-refractivity contribution in [3.05, 3.63) is 58.0 Å². The van der Waals surface area contributed by atoms with E-state index in [4.69, 9.17) is 0 Å². The van der Waals surface area contributed by atoms with E-state index in [2.05, 4.69) is 15.1 Å². The summed E-state index contributed by atoms with van der Waals surface area (Å²) in [6.45, 7) is 1.99. The first-order valence-electron chi connectivity index (χ1n) is 6.90. The molecule has 1 aliphatic heterocycles. The monoisotopic (exact) mass is 267 g/mol. The lowest BCUT2D eigenvalue weighted by atomic mass is 10.1. The van der Waals surface area contributed by atoms with Gasteiger partial charge in [-0.1, -0.05) is 36.4 Å². The molecule has 2 heterocycles. The normalized spacial score (nSPS) is 15.1.